The van der Waals surface area contributed by atoms with Crippen LogP contribution in [0.4, 0.5) is 0 Å². The molecule has 1 fully saturated rings. The van der Waals surface area contributed by atoms with Crippen LogP contribution in [0.25, 0.3) is 10.9 Å². The lowest BCUT2D eigenvalue weighted by Crippen LogP contribution is -2.19. The number of carbonyl (C=O) groups excluding carboxylic acids is 1. The van der Waals surface area contributed by atoms with Gasteiger partial charge in [0.2, 0.25) is 0 Å². The van der Waals surface area contributed by atoms with Gasteiger partial charge in [0.25, 0.3) is 0 Å². The summed E-state index contributed by atoms with van der Waals surface area (Å²) < 4.78 is 0. The van der Waals surface area contributed by atoms with E-state index < -0.39 is 0 Å². The number of nitrogens with one attached hydrogen (secondary N) is 1. The topological polar surface area (TPSA) is 49.9 Å². The van der Waals surface area contributed by atoms with Crippen molar-refractivity contribution in [2.45, 2.75) is 51.9 Å². The summed E-state index contributed by atoms with van der Waals surface area (Å²) in [5.41, 5.74) is 2.13. The molecule has 1 aliphatic rings. The Morgan fingerprint density at radius 1 is 1.23 bits per heavy atom. The normalized spacial score (nSPS) is 16.0. The van der Waals surface area contributed by atoms with Gasteiger partial charge in [0.15, 0.2) is 11.2 Å². The summed E-state index contributed by atoms with van der Waals surface area (Å²) in [6.45, 7) is 2.06. The maximum absolute atomic E-state index is 12.6. The summed E-state index contributed by atoms with van der Waals surface area (Å²) in [7, 11) is 0. The van der Waals surface area contributed by atoms with E-state index in [1.807, 2.05) is 18.2 Å². The summed E-state index contributed by atoms with van der Waals surface area (Å²) in [6, 6.07) is 5.85. The Hall–Kier alpha value is -1.90. The molecule has 1 aliphatic carbocycles. The number of rotatable bonds is 4. The van der Waals surface area contributed by atoms with E-state index >= 15 is 0 Å². The van der Waals surface area contributed by atoms with Crippen molar-refractivity contribution in [2.75, 3.05) is 0 Å². The van der Waals surface area contributed by atoms with Crippen LogP contribution in [0.2, 0.25) is 0 Å². The Kier molecular flexibility index (Phi) is 4.41. The van der Waals surface area contributed by atoms with Crippen LogP contribution in [0.5, 0.6) is 0 Å². The van der Waals surface area contributed by atoms with E-state index in [2.05, 4.69) is 11.9 Å². The highest BCUT2D eigenvalue weighted by Gasteiger charge is 2.20. The summed E-state index contributed by atoms with van der Waals surface area (Å²) >= 11 is 0. The number of aryl methyl sites for hydroxylation is 1. The summed E-state index contributed by atoms with van der Waals surface area (Å²) in [6.07, 6.45) is 8.95. The van der Waals surface area contributed by atoms with Crippen LogP contribution in [0, 0.1) is 5.92 Å². The lowest BCUT2D eigenvalue weighted by molar-refractivity contribution is 0.0949. The third-order valence-corrected chi connectivity index (χ3v) is 4.85. The molecule has 0 radical (unpaired) electrons. The molecule has 3 rings (SSSR count). The molecule has 1 aromatic carbocycles. The Morgan fingerprint density at radius 3 is 2.73 bits per heavy atom. The number of fused-ring (bicyclic) bond motifs is 1. The molecular weight excluding hydrogens is 274 g/mol. The van der Waals surface area contributed by atoms with Gasteiger partial charge < -0.3 is 4.98 Å². The van der Waals surface area contributed by atoms with E-state index in [1.165, 1.54) is 19.3 Å². The lowest BCUT2D eigenvalue weighted by Gasteiger charge is -2.20. The first-order valence-corrected chi connectivity index (χ1v) is 8.36. The van der Waals surface area contributed by atoms with Crippen molar-refractivity contribution in [3.05, 3.63) is 45.7 Å². The molecule has 0 saturated heterocycles. The standard InChI is InChI=1S/C19H23NO2/c1-2-13-8-9-17-15(10-13)19(22)16(12-20-17)18(21)11-14-6-4-3-5-7-14/h8-10,12,14H,2-7,11H2,1H3,(H,20,22). The highest BCUT2D eigenvalue weighted by atomic mass is 16.1. The van der Waals surface area contributed by atoms with Crippen molar-refractivity contribution in [1.82, 2.24) is 4.98 Å². The number of aromatic nitrogens is 1. The predicted molar refractivity (Wildman–Crippen MR) is 89.5 cm³/mol. The fraction of sp³-hybridized carbons (Fsp3) is 0.474. The monoisotopic (exact) mass is 297 g/mol. The molecule has 3 nitrogen and oxygen atoms in total. The third-order valence-electron chi connectivity index (χ3n) is 4.85. The number of pyridine rings is 1. The number of carbonyl (C=O) groups is 1. The van der Waals surface area contributed by atoms with Gasteiger partial charge in [-0.1, -0.05) is 45.1 Å². The van der Waals surface area contributed by atoms with Crippen molar-refractivity contribution in [2.24, 2.45) is 5.92 Å². The SMILES string of the molecule is CCc1ccc2[nH]cc(C(=O)CC3CCCCC3)c(=O)c2c1. The molecule has 0 unspecified atom stereocenters. The molecule has 22 heavy (non-hydrogen) atoms. The van der Waals surface area contributed by atoms with Gasteiger partial charge in [0.1, 0.15) is 0 Å². The molecule has 0 aliphatic heterocycles. The van der Waals surface area contributed by atoms with E-state index in [1.54, 1.807) is 6.20 Å². The average molecular weight is 297 g/mol. The number of H-pyrrole nitrogens is 1. The number of benzene rings is 1. The minimum absolute atomic E-state index is 0.00282. The van der Waals surface area contributed by atoms with E-state index in [9.17, 15) is 9.59 Å². The molecule has 1 saturated carbocycles. The molecule has 0 amide bonds. The molecule has 116 valence electrons. The fourth-order valence-electron chi connectivity index (χ4n) is 3.46. The molecule has 0 bridgehead atoms. The Labute approximate surface area is 130 Å². The Bertz CT molecular complexity index is 739. The zero-order chi connectivity index (χ0) is 15.5. The van der Waals surface area contributed by atoms with Crippen LogP contribution in [0.3, 0.4) is 0 Å². The molecule has 1 N–H and O–H groups in total. The third kappa shape index (κ3) is 2.99. The smallest absolute Gasteiger partial charge is 0.200 e. The van der Waals surface area contributed by atoms with Crippen molar-refractivity contribution in [3.8, 4) is 0 Å². The summed E-state index contributed by atoms with van der Waals surface area (Å²) in [4.78, 5) is 28.3. The van der Waals surface area contributed by atoms with Gasteiger partial charge in [-0.05, 0) is 30.0 Å². The van der Waals surface area contributed by atoms with Crippen molar-refractivity contribution in [3.63, 3.8) is 0 Å². The van der Waals surface area contributed by atoms with E-state index in [4.69, 9.17) is 0 Å². The molecule has 3 heteroatoms. The second kappa shape index (κ2) is 6.47. The highest BCUT2D eigenvalue weighted by Crippen LogP contribution is 2.27. The molecular formula is C19H23NO2. The van der Waals surface area contributed by atoms with Gasteiger partial charge in [-0.2, -0.15) is 0 Å². The van der Waals surface area contributed by atoms with Gasteiger partial charge in [0, 0.05) is 23.5 Å². The van der Waals surface area contributed by atoms with Gasteiger partial charge in [0.05, 0.1) is 5.56 Å². The van der Waals surface area contributed by atoms with Gasteiger partial charge in [-0.25, -0.2) is 0 Å². The number of ketones is 1. The molecule has 0 atom stereocenters. The number of hydrogen-bond acceptors (Lipinski definition) is 2. The fourth-order valence-corrected chi connectivity index (χ4v) is 3.46. The van der Waals surface area contributed by atoms with E-state index in [0.29, 0.717) is 23.3 Å². The van der Waals surface area contributed by atoms with Crippen LogP contribution in [-0.2, 0) is 6.42 Å². The Balaban J connectivity index is 1.91. The zero-order valence-corrected chi connectivity index (χ0v) is 13.2. The van der Waals surface area contributed by atoms with Crippen molar-refractivity contribution >= 4 is 16.7 Å². The van der Waals surface area contributed by atoms with Crippen molar-refractivity contribution in [1.29, 1.82) is 0 Å². The minimum Gasteiger partial charge on any atom is -0.360 e. The number of Topliss-reactive ketones (excluding diaryl/α,β-unsaturated/α-hetero) is 1. The highest BCUT2D eigenvalue weighted by molar-refractivity contribution is 5.98. The molecule has 1 heterocycles. The van der Waals surface area contributed by atoms with Crippen LogP contribution >= 0.6 is 0 Å². The maximum Gasteiger partial charge on any atom is 0.200 e. The average Bonchev–Trinajstić information content (AvgIpc) is 2.56. The van der Waals surface area contributed by atoms with E-state index in [-0.39, 0.29) is 11.2 Å². The van der Waals surface area contributed by atoms with Crippen LogP contribution in [0.1, 0.15) is 61.4 Å². The quantitative estimate of drug-likeness (QED) is 0.858. The second-order valence-electron chi connectivity index (χ2n) is 6.40. The largest absolute Gasteiger partial charge is 0.360 e. The van der Waals surface area contributed by atoms with Crippen LogP contribution in [-0.4, -0.2) is 10.8 Å². The summed E-state index contributed by atoms with van der Waals surface area (Å²) in [5, 5.41) is 0.633. The van der Waals surface area contributed by atoms with Crippen molar-refractivity contribution < 1.29 is 4.79 Å². The zero-order valence-electron chi connectivity index (χ0n) is 13.2. The molecule has 0 spiro atoms. The van der Waals surface area contributed by atoms with Crippen LogP contribution in [0.15, 0.2) is 29.2 Å². The van der Waals surface area contributed by atoms with Gasteiger partial charge in [-0.3, -0.25) is 9.59 Å². The first-order valence-electron chi connectivity index (χ1n) is 8.36. The first-order chi connectivity index (χ1) is 10.7. The van der Waals surface area contributed by atoms with E-state index in [0.717, 1.165) is 30.3 Å². The van der Waals surface area contributed by atoms with Gasteiger partial charge in [-0.15, -0.1) is 0 Å². The molecule has 1 aromatic heterocycles. The number of hydrogen-bond donors (Lipinski definition) is 1. The minimum atomic E-state index is -0.121. The van der Waals surface area contributed by atoms with Gasteiger partial charge >= 0.3 is 0 Å². The predicted octanol–water partition coefficient (Wildman–Crippen LogP) is 4.24. The molecule has 2 aromatic rings. The number of aromatic amines is 1. The summed E-state index contributed by atoms with van der Waals surface area (Å²) in [5.74, 6) is 0.454. The maximum atomic E-state index is 12.6. The lowest BCUT2D eigenvalue weighted by atomic mass is 9.85. The second-order valence-corrected chi connectivity index (χ2v) is 6.40. The first kappa shape index (κ1) is 15.0. The Morgan fingerprint density at radius 2 is 2.00 bits per heavy atom. The van der Waals surface area contributed by atoms with Crippen LogP contribution < -0.4 is 5.43 Å².